The van der Waals surface area contributed by atoms with Crippen LogP contribution in [0.2, 0.25) is 0 Å². The standard InChI is InChI=1S/C17H12I2S/c1-11-15(12-7-3-2-4-8-12)19-17-16(18-11)13-9-5-6-10-14(13)20-17/h2-10H,1H3. The molecule has 0 nitrogen and oxygen atoms in total. The van der Waals surface area contributed by atoms with Gasteiger partial charge in [-0.3, -0.25) is 0 Å². The highest BCUT2D eigenvalue weighted by molar-refractivity contribution is 14.2. The molecule has 0 unspecified atom stereocenters. The Hall–Kier alpha value is -0.400. The molecular formula is C17H12I2S. The fourth-order valence-electron chi connectivity index (χ4n) is 2.31. The van der Waals surface area contributed by atoms with E-state index in [2.05, 4.69) is 61.5 Å². The zero-order valence-electron chi connectivity index (χ0n) is 10.9. The zero-order valence-corrected chi connectivity index (χ0v) is 16.0. The molecule has 3 aromatic rings. The summed E-state index contributed by atoms with van der Waals surface area (Å²) >= 11 is 2.05. The molecule has 100 valence electrons. The molecule has 1 aliphatic rings. The third-order valence-electron chi connectivity index (χ3n) is 3.24. The van der Waals surface area contributed by atoms with Crippen molar-refractivity contribution in [2.45, 2.75) is 6.92 Å². The van der Waals surface area contributed by atoms with Crippen molar-refractivity contribution in [2.75, 3.05) is 0 Å². The lowest BCUT2D eigenvalue weighted by molar-refractivity contribution is 1.68. The van der Waals surface area contributed by atoms with Gasteiger partial charge in [-0.15, -0.1) is 11.3 Å². The Bertz CT molecular complexity index is 857. The van der Waals surface area contributed by atoms with Crippen LogP contribution in [0.5, 0.6) is 0 Å². The molecule has 0 saturated carbocycles. The first kappa shape index (κ1) is 13.3. The number of rotatable bonds is 1. The Morgan fingerprint density at radius 3 is 2.45 bits per heavy atom. The van der Waals surface area contributed by atoms with E-state index < -0.39 is 0 Å². The second-order valence-corrected chi connectivity index (χ2v) is 12.3. The van der Waals surface area contributed by atoms with E-state index >= 15 is 0 Å². The molecule has 1 aliphatic heterocycles. The van der Waals surface area contributed by atoms with Crippen LogP contribution in [0.15, 0.2) is 54.6 Å². The zero-order chi connectivity index (χ0) is 13.5. The van der Waals surface area contributed by atoms with Crippen LogP contribution in [0.1, 0.15) is 12.5 Å². The maximum absolute atomic E-state index is 2.37. The van der Waals surface area contributed by atoms with Gasteiger partial charge >= 0.3 is 0 Å². The lowest BCUT2D eigenvalue weighted by Gasteiger charge is -2.11. The van der Waals surface area contributed by atoms with Gasteiger partial charge in [0, 0.05) is 17.2 Å². The van der Waals surface area contributed by atoms with Gasteiger partial charge in [0.1, 0.15) is 0 Å². The van der Waals surface area contributed by atoms with Crippen molar-refractivity contribution in [3.05, 3.63) is 66.6 Å². The Morgan fingerprint density at radius 1 is 0.850 bits per heavy atom. The molecule has 0 aliphatic carbocycles. The van der Waals surface area contributed by atoms with Gasteiger partial charge in [-0.1, -0.05) is 90.0 Å². The molecule has 0 N–H and O–H groups in total. The highest BCUT2D eigenvalue weighted by Crippen LogP contribution is 2.42. The van der Waals surface area contributed by atoms with Gasteiger partial charge in [-0.05, 0) is 22.1 Å². The quantitative estimate of drug-likeness (QED) is 0.380. The van der Waals surface area contributed by atoms with Gasteiger partial charge in [0.2, 0.25) is 0 Å². The van der Waals surface area contributed by atoms with Crippen LogP contribution in [0, 0.1) is 6.45 Å². The van der Waals surface area contributed by atoms with Gasteiger partial charge in [-0.25, -0.2) is 0 Å². The molecule has 0 amide bonds. The normalized spacial score (nSPS) is 14.7. The van der Waals surface area contributed by atoms with Crippen LogP contribution in [0.25, 0.3) is 10.1 Å². The van der Waals surface area contributed by atoms with Gasteiger partial charge in [0.15, 0.2) is 0 Å². The number of thiophene rings is 1. The minimum absolute atomic E-state index is 0.0123. The van der Waals surface area contributed by atoms with E-state index in [0.29, 0.717) is 0 Å². The summed E-state index contributed by atoms with van der Waals surface area (Å²) in [5.74, 6) is 0. The summed E-state index contributed by atoms with van der Waals surface area (Å²) in [7, 11) is 0. The second kappa shape index (κ2) is 5.42. The van der Waals surface area contributed by atoms with E-state index in [1.807, 2.05) is 11.3 Å². The van der Waals surface area contributed by atoms with E-state index in [4.69, 9.17) is 0 Å². The summed E-state index contributed by atoms with van der Waals surface area (Å²) < 4.78 is 8.27. The van der Waals surface area contributed by atoms with Crippen LogP contribution in [0.3, 0.4) is 0 Å². The molecule has 0 fully saturated rings. The van der Waals surface area contributed by atoms with Crippen molar-refractivity contribution in [2.24, 2.45) is 0 Å². The van der Waals surface area contributed by atoms with Crippen LogP contribution < -0.4 is 0 Å². The van der Waals surface area contributed by atoms with E-state index in [9.17, 15) is 0 Å². The van der Waals surface area contributed by atoms with Crippen molar-refractivity contribution >= 4 is 69.9 Å². The van der Waals surface area contributed by atoms with Crippen molar-refractivity contribution in [1.82, 2.24) is 0 Å². The summed E-state index contributed by atoms with van der Waals surface area (Å²) in [5, 5.41) is 1.53. The number of benzene rings is 2. The van der Waals surface area contributed by atoms with Crippen molar-refractivity contribution < 1.29 is 0 Å². The van der Waals surface area contributed by atoms with Gasteiger partial charge < -0.3 is 0 Å². The number of hydrogen-bond donors (Lipinski definition) is 0. The first-order valence-electron chi connectivity index (χ1n) is 6.40. The molecule has 4 rings (SSSR count). The largest absolute Gasteiger partial charge is 0.128 e. The molecule has 0 saturated heterocycles. The smallest absolute Gasteiger partial charge is 0.0747 e. The van der Waals surface area contributed by atoms with E-state index in [0.717, 1.165) is 0 Å². The average molecular weight is 502 g/mol. The average Bonchev–Trinajstić information content (AvgIpc) is 2.85. The van der Waals surface area contributed by atoms with E-state index in [-0.39, 0.29) is 41.5 Å². The molecule has 0 radical (unpaired) electrons. The van der Waals surface area contributed by atoms with Crippen molar-refractivity contribution in [3.8, 4) is 0 Å². The van der Waals surface area contributed by atoms with Gasteiger partial charge in [0.05, 0.1) is 2.88 Å². The first-order chi connectivity index (χ1) is 9.83. The lowest BCUT2D eigenvalue weighted by Crippen LogP contribution is -2.09. The Morgan fingerprint density at radius 2 is 1.60 bits per heavy atom. The Labute approximate surface area is 142 Å². The summed E-state index contributed by atoms with van der Waals surface area (Å²) in [4.78, 5) is 0. The summed E-state index contributed by atoms with van der Waals surface area (Å²) in [6.45, 7) is 2.37. The van der Waals surface area contributed by atoms with Gasteiger partial charge in [0.25, 0.3) is 0 Å². The maximum Gasteiger partial charge on any atom is 0.0747 e. The maximum atomic E-state index is 2.37. The van der Waals surface area contributed by atoms with E-state index in [1.165, 1.54) is 15.6 Å². The van der Waals surface area contributed by atoms with Crippen molar-refractivity contribution in [3.63, 3.8) is 0 Å². The van der Waals surface area contributed by atoms with Gasteiger partial charge in [-0.2, -0.15) is 0 Å². The molecule has 3 heteroatoms. The van der Waals surface area contributed by atoms with Crippen molar-refractivity contribution in [1.29, 1.82) is 0 Å². The molecule has 0 spiro atoms. The molecule has 0 atom stereocenters. The topological polar surface area (TPSA) is 0 Å². The van der Waals surface area contributed by atoms with Crippen LogP contribution in [-0.2, 0) is 0 Å². The van der Waals surface area contributed by atoms with Crippen LogP contribution in [-0.4, -0.2) is 7.02 Å². The highest BCUT2D eigenvalue weighted by Gasteiger charge is 2.17. The monoisotopic (exact) mass is 502 g/mol. The summed E-state index contributed by atoms with van der Waals surface area (Å²) in [6.07, 6.45) is 0. The fourth-order valence-corrected chi connectivity index (χ4v) is 12.6. The molecule has 2 aromatic carbocycles. The number of halogens is 2. The molecule has 0 bridgehead atoms. The second-order valence-electron chi connectivity index (χ2n) is 4.59. The minimum atomic E-state index is -0.0123. The number of hydrogen-bond acceptors (Lipinski definition) is 1. The number of fused-ring (bicyclic) bond motifs is 3. The van der Waals surface area contributed by atoms with Crippen LogP contribution in [0.4, 0.5) is 0 Å². The summed E-state index contributed by atoms with van der Waals surface area (Å²) in [6, 6.07) is 19.9. The third kappa shape index (κ3) is 2.23. The Balaban J connectivity index is 1.96. The lowest BCUT2D eigenvalue weighted by atomic mass is 10.1. The fraction of sp³-hybridized carbons (Fsp3) is 0.0588. The third-order valence-corrected chi connectivity index (χ3v) is 13.8. The molecular weight excluding hydrogens is 490 g/mol. The first-order valence-corrected chi connectivity index (χ1v) is 11.5. The summed E-state index contributed by atoms with van der Waals surface area (Å²) in [5.41, 5.74) is 1.46. The molecule has 2 heterocycles. The Kier molecular flexibility index (Phi) is 3.60. The SMILES string of the molecule is CC1=Ic2c(sc3ccccc23)I=C1c1ccccc1. The minimum Gasteiger partial charge on any atom is -0.128 e. The molecule has 20 heavy (non-hydrogen) atoms. The van der Waals surface area contributed by atoms with E-state index in [1.54, 1.807) is 13.5 Å². The molecule has 1 aromatic heterocycles. The highest BCUT2D eigenvalue weighted by atomic mass is 127. The predicted octanol–water partition coefficient (Wildman–Crippen LogP) is 5.61. The van der Waals surface area contributed by atoms with Crippen LogP contribution >= 0.6 is 52.8 Å². The predicted molar refractivity (Wildman–Crippen MR) is 108 cm³/mol.